The topological polar surface area (TPSA) is 45.7 Å². The molecule has 0 aliphatic carbocycles. The summed E-state index contributed by atoms with van der Waals surface area (Å²) in [6.07, 6.45) is 7.67. The smallest absolute Gasteiger partial charge is 0.227 e. The third-order valence-corrected chi connectivity index (χ3v) is 12.1. The van der Waals surface area contributed by atoms with Crippen LogP contribution >= 0.6 is 0 Å². The van der Waals surface area contributed by atoms with E-state index in [4.69, 9.17) is 4.43 Å². The molecule has 1 aromatic carbocycles. The summed E-state index contributed by atoms with van der Waals surface area (Å²) in [6.45, 7) is 13.4. The molecule has 0 radical (unpaired) electrons. The Morgan fingerprint density at radius 2 is 1.91 bits per heavy atom. The molecule has 2 aliphatic rings. The van der Waals surface area contributed by atoms with Crippen LogP contribution in [-0.4, -0.2) is 45.4 Å². The second-order valence-corrected chi connectivity index (χ2v) is 15.6. The molecule has 1 amide bonds. The summed E-state index contributed by atoms with van der Waals surface area (Å²) in [7, 11) is 0.101. The van der Waals surface area contributed by atoms with Crippen molar-refractivity contribution in [3.8, 4) is 11.1 Å². The van der Waals surface area contributed by atoms with Crippen molar-refractivity contribution in [2.45, 2.75) is 70.6 Å². The zero-order chi connectivity index (χ0) is 23.1. The first-order valence-corrected chi connectivity index (χ1v) is 14.7. The van der Waals surface area contributed by atoms with Gasteiger partial charge in [0, 0.05) is 37.5 Å². The Kier molecular flexibility index (Phi) is 6.20. The number of pyridine rings is 1. The van der Waals surface area contributed by atoms with E-state index in [0.29, 0.717) is 12.5 Å². The number of anilines is 2. The number of aromatic nitrogens is 1. The highest BCUT2D eigenvalue weighted by Gasteiger charge is 2.38. The normalized spacial score (nSPS) is 19.4. The van der Waals surface area contributed by atoms with Gasteiger partial charge in [-0.2, -0.15) is 0 Å². The van der Waals surface area contributed by atoms with Gasteiger partial charge in [0.1, 0.15) is 0 Å². The Morgan fingerprint density at radius 1 is 1.12 bits per heavy atom. The minimum absolute atomic E-state index is 0.189. The molecule has 0 spiro atoms. The van der Waals surface area contributed by atoms with E-state index in [1.54, 1.807) is 4.90 Å². The van der Waals surface area contributed by atoms with Crippen LogP contribution in [0.4, 0.5) is 11.4 Å². The van der Waals surface area contributed by atoms with E-state index in [2.05, 4.69) is 68.0 Å². The number of rotatable bonds is 5. The molecule has 1 saturated heterocycles. The maximum atomic E-state index is 12.0. The van der Waals surface area contributed by atoms with Gasteiger partial charge in [-0.25, -0.2) is 0 Å². The van der Waals surface area contributed by atoms with Crippen LogP contribution in [0.3, 0.4) is 0 Å². The van der Waals surface area contributed by atoms with E-state index in [9.17, 15) is 4.79 Å². The van der Waals surface area contributed by atoms with Crippen LogP contribution in [0, 0.1) is 0 Å². The van der Waals surface area contributed by atoms with Gasteiger partial charge in [0.05, 0.1) is 24.5 Å². The standard InChI is InChI=1S/C26H37N3O2Si/c1-26(2,3)32(5,6)31-18-22-8-7-13-29(22)23-15-21(16-27-17-23)19-9-11-24-20(14-19)10-12-25(30)28(24)4/h9,11,14-17,22H,7-8,10,12-13,18H2,1-6H3/t22-/m1/s1. The van der Waals surface area contributed by atoms with E-state index in [1.165, 1.54) is 17.7 Å². The van der Waals surface area contributed by atoms with Gasteiger partial charge in [-0.3, -0.25) is 9.78 Å². The van der Waals surface area contributed by atoms with E-state index in [-0.39, 0.29) is 10.9 Å². The molecule has 0 saturated carbocycles. The minimum Gasteiger partial charge on any atom is -0.415 e. The van der Waals surface area contributed by atoms with Crippen LogP contribution in [0.25, 0.3) is 11.1 Å². The van der Waals surface area contributed by atoms with Gasteiger partial charge in [-0.1, -0.05) is 26.8 Å². The van der Waals surface area contributed by atoms with Gasteiger partial charge >= 0.3 is 0 Å². The molecule has 1 atom stereocenters. The summed E-state index contributed by atoms with van der Waals surface area (Å²) in [6, 6.07) is 9.07. The summed E-state index contributed by atoms with van der Waals surface area (Å²) >= 11 is 0. The van der Waals surface area contributed by atoms with Gasteiger partial charge in [0.15, 0.2) is 8.32 Å². The molecule has 5 nitrogen and oxygen atoms in total. The molecule has 1 fully saturated rings. The molecule has 2 aliphatic heterocycles. The highest BCUT2D eigenvalue weighted by atomic mass is 28.4. The lowest BCUT2D eigenvalue weighted by Gasteiger charge is -2.38. The lowest BCUT2D eigenvalue weighted by atomic mass is 9.96. The second-order valence-electron chi connectivity index (χ2n) is 10.8. The van der Waals surface area contributed by atoms with Crippen molar-refractivity contribution in [1.82, 2.24) is 4.98 Å². The lowest BCUT2D eigenvalue weighted by molar-refractivity contribution is -0.118. The summed E-state index contributed by atoms with van der Waals surface area (Å²) in [5.74, 6) is 0.189. The van der Waals surface area contributed by atoms with Crippen molar-refractivity contribution in [2.24, 2.45) is 0 Å². The number of carbonyl (C=O) groups excluding carboxylic acids is 1. The maximum Gasteiger partial charge on any atom is 0.227 e. The van der Waals surface area contributed by atoms with Crippen LogP contribution in [0.15, 0.2) is 36.7 Å². The molecule has 172 valence electrons. The summed E-state index contributed by atoms with van der Waals surface area (Å²) in [4.78, 5) is 20.8. The van der Waals surface area contributed by atoms with Crippen LogP contribution in [0.1, 0.15) is 45.6 Å². The number of hydrogen-bond donors (Lipinski definition) is 0. The largest absolute Gasteiger partial charge is 0.415 e. The van der Waals surface area contributed by atoms with Crippen molar-refractivity contribution in [1.29, 1.82) is 0 Å². The van der Waals surface area contributed by atoms with Crippen molar-refractivity contribution < 1.29 is 9.22 Å². The van der Waals surface area contributed by atoms with Crippen LogP contribution in [0.2, 0.25) is 18.1 Å². The number of aryl methyl sites for hydroxylation is 1. The lowest BCUT2D eigenvalue weighted by Crippen LogP contribution is -2.44. The average Bonchev–Trinajstić information content (AvgIpc) is 3.23. The zero-order valence-corrected chi connectivity index (χ0v) is 21.4. The Bertz CT molecular complexity index is 999. The number of carbonyl (C=O) groups is 1. The number of fused-ring (bicyclic) bond motifs is 1. The Hall–Kier alpha value is -2.18. The number of benzene rings is 1. The molecule has 6 heteroatoms. The van der Waals surface area contributed by atoms with Crippen molar-refractivity contribution in [3.05, 3.63) is 42.2 Å². The first kappa shape index (κ1) is 23.0. The van der Waals surface area contributed by atoms with E-state index in [0.717, 1.165) is 42.8 Å². The van der Waals surface area contributed by atoms with Gasteiger partial charge in [-0.05, 0) is 66.7 Å². The fourth-order valence-corrected chi connectivity index (χ4v) is 5.49. The van der Waals surface area contributed by atoms with Crippen LogP contribution < -0.4 is 9.80 Å². The third kappa shape index (κ3) is 4.48. The fraction of sp³-hybridized carbons (Fsp3) is 0.538. The predicted octanol–water partition coefficient (Wildman–Crippen LogP) is 5.65. The third-order valence-electron chi connectivity index (χ3n) is 7.63. The van der Waals surface area contributed by atoms with E-state index < -0.39 is 8.32 Å². The van der Waals surface area contributed by atoms with Crippen molar-refractivity contribution in [3.63, 3.8) is 0 Å². The second kappa shape index (κ2) is 8.63. The molecule has 1 aromatic heterocycles. The van der Waals surface area contributed by atoms with Gasteiger partial charge in [0.25, 0.3) is 0 Å². The average molecular weight is 452 g/mol. The van der Waals surface area contributed by atoms with Crippen molar-refractivity contribution in [2.75, 3.05) is 30.0 Å². The van der Waals surface area contributed by atoms with Gasteiger partial charge < -0.3 is 14.2 Å². The molecule has 0 unspecified atom stereocenters. The van der Waals surface area contributed by atoms with Crippen LogP contribution in [0.5, 0.6) is 0 Å². The Balaban J connectivity index is 1.53. The SMILES string of the molecule is CN1C(=O)CCc2cc(-c3cncc(N4CCC[C@@H]4CO[Si](C)(C)C(C)(C)C)c3)ccc21. The molecule has 2 aromatic rings. The molecule has 3 heterocycles. The minimum atomic E-state index is -1.76. The van der Waals surface area contributed by atoms with Gasteiger partial charge in [0.2, 0.25) is 5.91 Å². The van der Waals surface area contributed by atoms with Crippen molar-refractivity contribution >= 4 is 25.6 Å². The molecular weight excluding hydrogens is 414 g/mol. The Morgan fingerprint density at radius 3 is 2.66 bits per heavy atom. The maximum absolute atomic E-state index is 12.0. The summed E-state index contributed by atoms with van der Waals surface area (Å²) in [5.41, 5.74) is 5.72. The van der Waals surface area contributed by atoms with Crippen LogP contribution in [-0.2, 0) is 15.6 Å². The highest BCUT2D eigenvalue weighted by molar-refractivity contribution is 6.74. The van der Waals surface area contributed by atoms with Gasteiger partial charge in [-0.15, -0.1) is 0 Å². The highest BCUT2D eigenvalue weighted by Crippen LogP contribution is 2.38. The molecule has 0 N–H and O–H groups in total. The molecular formula is C26H37N3O2Si. The first-order valence-electron chi connectivity index (χ1n) is 11.8. The molecule has 0 bridgehead atoms. The summed E-state index contributed by atoms with van der Waals surface area (Å²) in [5, 5.41) is 0.225. The number of amides is 1. The monoisotopic (exact) mass is 451 g/mol. The summed E-state index contributed by atoms with van der Waals surface area (Å²) < 4.78 is 6.57. The molecule has 4 rings (SSSR count). The fourth-order valence-electron chi connectivity index (χ4n) is 4.45. The molecule has 32 heavy (non-hydrogen) atoms. The number of hydrogen-bond acceptors (Lipinski definition) is 4. The Labute approximate surface area is 193 Å². The zero-order valence-electron chi connectivity index (χ0n) is 20.4. The number of nitrogens with zero attached hydrogens (tertiary/aromatic N) is 3. The van der Waals surface area contributed by atoms with E-state index in [1.807, 2.05) is 19.4 Å². The predicted molar refractivity (Wildman–Crippen MR) is 135 cm³/mol. The van der Waals surface area contributed by atoms with E-state index >= 15 is 0 Å². The first-order chi connectivity index (χ1) is 15.1. The quantitative estimate of drug-likeness (QED) is 0.551.